The molecule has 0 radical (unpaired) electrons. The molecule has 0 aliphatic carbocycles. The van der Waals surface area contributed by atoms with Crippen LogP contribution in [-0.2, 0) is 10.3 Å². The number of rotatable bonds is 6. The number of nitrogens with zero attached hydrogens (tertiary/aromatic N) is 1. The summed E-state index contributed by atoms with van der Waals surface area (Å²) >= 11 is 1.34. The van der Waals surface area contributed by atoms with Crippen molar-refractivity contribution in [2.75, 3.05) is 6.54 Å². The van der Waals surface area contributed by atoms with Crippen LogP contribution in [0.25, 0.3) is 0 Å². The van der Waals surface area contributed by atoms with Gasteiger partial charge in [-0.05, 0) is 28.8 Å². The minimum absolute atomic E-state index is 0.133. The molecule has 31 heavy (non-hydrogen) atoms. The second kappa shape index (κ2) is 8.54. The lowest BCUT2D eigenvalue weighted by molar-refractivity contribution is -0.111. The van der Waals surface area contributed by atoms with Gasteiger partial charge in [-0.3, -0.25) is 9.69 Å². The van der Waals surface area contributed by atoms with Crippen molar-refractivity contribution in [1.82, 2.24) is 4.90 Å². The van der Waals surface area contributed by atoms with E-state index < -0.39 is 5.54 Å². The van der Waals surface area contributed by atoms with Gasteiger partial charge in [0.15, 0.2) is 0 Å². The van der Waals surface area contributed by atoms with Gasteiger partial charge in [0.25, 0.3) is 0 Å². The Morgan fingerprint density at radius 1 is 0.645 bits per heavy atom. The number of carbonyl (C=O) groups is 1. The summed E-state index contributed by atoms with van der Waals surface area (Å²) in [7, 11) is 0. The molecule has 0 spiro atoms. The number of benzene rings is 4. The standard InChI is InChI=1S/C28H23NOS/c30-27(31-25-19-11-4-12-20-25)26-21-29(26)28(22-13-5-1-6-14-22,23-15-7-2-8-16-23)24-17-9-3-10-18-24/h1-20,26H,21H2. The minimum Gasteiger partial charge on any atom is -0.285 e. The highest BCUT2D eigenvalue weighted by molar-refractivity contribution is 8.13. The molecule has 0 bridgehead atoms. The van der Waals surface area contributed by atoms with Gasteiger partial charge in [0.05, 0.1) is 11.6 Å². The van der Waals surface area contributed by atoms with Crippen molar-refractivity contribution in [3.63, 3.8) is 0 Å². The lowest BCUT2D eigenvalue weighted by atomic mass is 9.76. The number of hydrogen-bond acceptors (Lipinski definition) is 3. The van der Waals surface area contributed by atoms with Crippen LogP contribution in [-0.4, -0.2) is 22.6 Å². The van der Waals surface area contributed by atoms with Crippen molar-refractivity contribution in [2.24, 2.45) is 0 Å². The van der Waals surface area contributed by atoms with Gasteiger partial charge in [0.2, 0.25) is 5.12 Å². The SMILES string of the molecule is O=C(Sc1ccccc1)C1CN1C(c1ccccc1)(c1ccccc1)c1ccccc1. The predicted octanol–water partition coefficient (Wildman–Crippen LogP) is 5.98. The summed E-state index contributed by atoms with van der Waals surface area (Å²) < 4.78 is 0. The van der Waals surface area contributed by atoms with Crippen LogP contribution in [0.1, 0.15) is 16.7 Å². The molecule has 1 saturated heterocycles. The molecule has 0 aromatic heterocycles. The van der Waals surface area contributed by atoms with Gasteiger partial charge >= 0.3 is 0 Å². The molecule has 2 atom stereocenters. The largest absolute Gasteiger partial charge is 0.285 e. The highest BCUT2D eigenvalue weighted by atomic mass is 32.2. The van der Waals surface area contributed by atoms with Crippen LogP contribution >= 0.6 is 11.8 Å². The van der Waals surface area contributed by atoms with Crippen LogP contribution in [0.4, 0.5) is 0 Å². The molecule has 1 heterocycles. The first-order chi connectivity index (χ1) is 15.3. The molecule has 4 aromatic carbocycles. The maximum Gasteiger partial charge on any atom is 0.212 e. The molecule has 2 unspecified atom stereocenters. The van der Waals surface area contributed by atoms with E-state index in [2.05, 4.69) is 77.7 Å². The van der Waals surface area contributed by atoms with E-state index in [9.17, 15) is 4.79 Å². The van der Waals surface area contributed by atoms with E-state index >= 15 is 0 Å². The van der Waals surface area contributed by atoms with E-state index in [4.69, 9.17) is 0 Å². The zero-order chi connectivity index (χ0) is 21.1. The van der Waals surface area contributed by atoms with E-state index in [1.807, 2.05) is 48.5 Å². The van der Waals surface area contributed by atoms with Crippen LogP contribution in [0.5, 0.6) is 0 Å². The third-order valence-electron chi connectivity index (χ3n) is 5.85. The quantitative estimate of drug-likeness (QED) is 0.217. The van der Waals surface area contributed by atoms with Crippen LogP contribution in [0.2, 0.25) is 0 Å². The van der Waals surface area contributed by atoms with E-state index in [1.54, 1.807) is 0 Å². The Bertz CT molecular complexity index is 1050. The van der Waals surface area contributed by atoms with Crippen molar-refractivity contribution in [3.8, 4) is 0 Å². The summed E-state index contributed by atoms with van der Waals surface area (Å²) in [4.78, 5) is 16.6. The van der Waals surface area contributed by atoms with Crippen LogP contribution in [0.3, 0.4) is 0 Å². The lowest BCUT2D eigenvalue weighted by Crippen LogP contribution is -2.39. The smallest absolute Gasteiger partial charge is 0.212 e. The monoisotopic (exact) mass is 421 g/mol. The van der Waals surface area contributed by atoms with Crippen LogP contribution in [0, 0.1) is 0 Å². The average Bonchev–Trinajstić information content (AvgIpc) is 3.64. The molecule has 3 heteroatoms. The Balaban J connectivity index is 1.61. The normalized spacial score (nSPS) is 17.8. The Morgan fingerprint density at radius 2 is 1.03 bits per heavy atom. The maximum atomic E-state index is 13.2. The second-order valence-electron chi connectivity index (χ2n) is 7.71. The van der Waals surface area contributed by atoms with Crippen LogP contribution < -0.4 is 0 Å². The Morgan fingerprint density at radius 3 is 1.45 bits per heavy atom. The molecule has 1 fully saturated rings. The summed E-state index contributed by atoms with van der Waals surface area (Å²) in [5.41, 5.74) is 3.01. The first-order valence-corrected chi connectivity index (χ1v) is 11.3. The fraction of sp³-hybridized carbons (Fsp3) is 0.107. The van der Waals surface area contributed by atoms with Crippen LogP contribution in [0.15, 0.2) is 126 Å². The zero-order valence-electron chi connectivity index (χ0n) is 17.1. The molecular formula is C28H23NOS. The second-order valence-corrected chi connectivity index (χ2v) is 8.79. The Kier molecular flexibility index (Phi) is 5.46. The summed E-state index contributed by atoms with van der Waals surface area (Å²) in [5.74, 6) is 0. The number of hydrogen-bond donors (Lipinski definition) is 0. The molecule has 152 valence electrons. The van der Waals surface area contributed by atoms with Gasteiger partial charge < -0.3 is 0 Å². The van der Waals surface area contributed by atoms with Crippen molar-refractivity contribution in [1.29, 1.82) is 0 Å². The van der Waals surface area contributed by atoms with Gasteiger partial charge in [0, 0.05) is 11.4 Å². The molecule has 0 N–H and O–H groups in total. The summed E-state index contributed by atoms with van der Waals surface area (Å²) in [6.07, 6.45) is 0. The maximum absolute atomic E-state index is 13.2. The molecule has 5 rings (SSSR count). The van der Waals surface area contributed by atoms with Crippen molar-refractivity contribution in [3.05, 3.63) is 138 Å². The third kappa shape index (κ3) is 3.71. The summed E-state index contributed by atoms with van der Waals surface area (Å²) in [6, 6.07) is 41.4. The van der Waals surface area contributed by atoms with Crippen molar-refractivity contribution < 1.29 is 4.79 Å². The highest BCUT2D eigenvalue weighted by Crippen LogP contribution is 2.49. The number of carbonyl (C=O) groups excluding carboxylic acids is 1. The van der Waals surface area contributed by atoms with Gasteiger partial charge in [-0.1, -0.05) is 121 Å². The fourth-order valence-electron chi connectivity index (χ4n) is 4.42. The van der Waals surface area contributed by atoms with Crippen molar-refractivity contribution in [2.45, 2.75) is 16.5 Å². The third-order valence-corrected chi connectivity index (χ3v) is 6.83. The van der Waals surface area contributed by atoms with Gasteiger partial charge in [0.1, 0.15) is 0 Å². The van der Waals surface area contributed by atoms with E-state index in [1.165, 1.54) is 28.5 Å². The average molecular weight is 422 g/mol. The molecule has 1 aliphatic heterocycles. The number of thioether (sulfide) groups is 1. The topological polar surface area (TPSA) is 20.1 Å². The van der Waals surface area contributed by atoms with E-state index in [0.717, 1.165) is 11.4 Å². The Hall–Kier alpha value is -3.14. The predicted molar refractivity (Wildman–Crippen MR) is 127 cm³/mol. The summed E-state index contributed by atoms with van der Waals surface area (Å²) in [5, 5.41) is 0.193. The van der Waals surface area contributed by atoms with E-state index in [0.29, 0.717) is 0 Å². The van der Waals surface area contributed by atoms with E-state index in [-0.39, 0.29) is 11.2 Å². The first kappa shape index (κ1) is 19.8. The highest BCUT2D eigenvalue weighted by Gasteiger charge is 2.55. The lowest BCUT2D eigenvalue weighted by Gasteiger charge is -2.38. The zero-order valence-corrected chi connectivity index (χ0v) is 17.9. The Labute approximate surface area is 187 Å². The molecule has 4 aromatic rings. The van der Waals surface area contributed by atoms with Gasteiger partial charge in [-0.25, -0.2) is 0 Å². The molecule has 2 nitrogen and oxygen atoms in total. The molecular weight excluding hydrogens is 398 g/mol. The molecule has 0 amide bonds. The molecule has 1 aliphatic rings. The fourth-order valence-corrected chi connectivity index (χ4v) is 5.28. The van der Waals surface area contributed by atoms with Crippen molar-refractivity contribution >= 4 is 16.9 Å². The van der Waals surface area contributed by atoms with Gasteiger partial charge in [-0.2, -0.15) is 0 Å². The minimum atomic E-state index is -0.513. The first-order valence-electron chi connectivity index (χ1n) is 10.5. The summed E-state index contributed by atoms with van der Waals surface area (Å²) in [6.45, 7) is 0.733. The molecule has 0 saturated carbocycles. The van der Waals surface area contributed by atoms with Gasteiger partial charge in [-0.15, -0.1) is 0 Å².